The summed E-state index contributed by atoms with van der Waals surface area (Å²) in [5, 5.41) is 2.39. The molecule has 154 valence electrons. The number of hydrogen-bond donors (Lipinski definition) is 1. The van der Waals surface area contributed by atoms with Crippen molar-refractivity contribution in [3.05, 3.63) is 89.3 Å². The maximum absolute atomic E-state index is 12.9. The minimum Gasteiger partial charge on any atom is -0.307 e. The van der Waals surface area contributed by atoms with Gasteiger partial charge in [0.25, 0.3) is 5.91 Å². The fourth-order valence-corrected chi connectivity index (χ4v) is 2.82. The molecule has 9 heteroatoms. The Bertz CT molecular complexity index is 1350. The lowest BCUT2D eigenvalue weighted by Crippen LogP contribution is -2.14. The molecular formula is C22H14F3N5O. The van der Waals surface area contributed by atoms with Crippen LogP contribution < -0.4 is 5.32 Å². The summed E-state index contributed by atoms with van der Waals surface area (Å²) in [5.41, 5.74) is 2.13. The van der Waals surface area contributed by atoms with Gasteiger partial charge in [0.05, 0.1) is 11.8 Å². The molecule has 6 nitrogen and oxygen atoms in total. The summed E-state index contributed by atoms with van der Waals surface area (Å²) in [5.74, 6) is 5.24. The average molecular weight is 421 g/mol. The number of imidazole rings is 1. The van der Waals surface area contributed by atoms with Gasteiger partial charge in [-0.05, 0) is 48.7 Å². The number of amides is 1. The third kappa shape index (κ3) is 4.38. The van der Waals surface area contributed by atoms with E-state index in [0.717, 1.165) is 23.9 Å². The van der Waals surface area contributed by atoms with Crippen LogP contribution in [0.5, 0.6) is 0 Å². The van der Waals surface area contributed by atoms with Crippen LogP contribution >= 0.6 is 0 Å². The Morgan fingerprint density at radius 3 is 2.71 bits per heavy atom. The van der Waals surface area contributed by atoms with Gasteiger partial charge in [-0.15, -0.1) is 0 Å². The minimum absolute atomic E-state index is 0.189. The summed E-state index contributed by atoms with van der Waals surface area (Å²) in [6, 6.07) is 8.24. The highest BCUT2D eigenvalue weighted by molar-refractivity contribution is 6.04. The van der Waals surface area contributed by atoms with Crippen molar-refractivity contribution in [3.8, 4) is 11.8 Å². The van der Waals surface area contributed by atoms with Crippen LogP contribution in [-0.2, 0) is 6.18 Å². The number of rotatable bonds is 2. The van der Waals surface area contributed by atoms with Crippen LogP contribution in [0, 0.1) is 18.8 Å². The first-order valence-corrected chi connectivity index (χ1v) is 9.05. The van der Waals surface area contributed by atoms with Crippen molar-refractivity contribution < 1.29 is 18.0 Å². The van der Waals surface area contributed by atoms with Crippen LogP contribution in [0.15, 0.2) is 61.3 Å². The van der Waals surface area contributed by atoms with Gasteiger partial charge in [-0.2, -0.15) is 13.2 Å². The summed E-state index contributed by atoms with van der Waals surface area (Å²) in [6.07, 6.45) is 1.32. The van der Waals surface area contributed by atoms with E-state index >= 15 is 0 Å². The van der Waals surface area contributed by atoms with Gasteiger partial charge in [-0.1, -0.05) is 12.0 Å². The van der Waals surface area contributed by atoms with Crippen LogP contribution in [-0.4, -0.2) is 25.3 Å². The Morgan fingerprint density at radius 2 is 1.90 bits per heavy atom. The summed E-state index contributed by atoms with van der Waals surface area (Å²) in [6.45, 7) is 1.84. The van der Waals surface area contributed by atoms with Gasteiger partial charge in [-0.25, -0.2) is 15.0 Å². The summed E-state index contributed by atoms with van der Waals surface area (Å²) in [7, 11) is 0. The number of hydrogen-bond acceptors (Lipinski definition) is 4. The molecule has 3 heterocycles. The standard InChI is InChI=1S/C22H14F3N5O/c1-14-2-3-16(21(31)29-19-11-17(6-9-27-19)22(23,24)25)10-15(14)4-5-18-12-28-20-7-8-26-13-30(18)20/h2-3,6-13H,1H3,(H,27,29,31). The van der Waals surface area contributed by atoms with Crippen molar-refractivity contribution in [3.63, 3.8) is 0 Å². The van der Waals surface area contributed by atoms with Crippen molar-refractivity contribution in [2.24, 2.45) is 0 Å². The molecule has 4 aromatic rings. The molecule has 1 amide bonds. The van der Waals surface area contributed by atoms with Gasteiger partial charge >= 0.3 is 6.18 Å². The van der Waals surface area contributed by atoms with E-state index in [9.17, 15) is 18.0 Å². The second-order valence-corrected chi connectivity index (χ2v) is 6.61. The Hall–Kier alpha value is -4.19. The van der Waals surface area contributed by atoms with Gasteiger partial charge in [0.1, 0.15) is 23.5 Å². The Morgan fingerprint density at radius 1 is 1.06 bits per heavy atom. The monoisotopic (exact) mass is 421 g/mol. The zero-order valence-corrected chi connectivity index (χ0v) is 16.1. The summed E-state index contributed by atoms with van der Waals surface area (Å²) in [4.78, 5) is 24.6. The molecule has 4 rings (SSSR count). The highest BCUT2D eigenvalue weighted by Crippen LogP contribution is 2.30. The van der Waals surface area contributed by atoms with Gasteiger partial charge in [-0.3, -0.25) is 9.20 Å². The number of nitrogens with one attached hydrogen (secondary N) is 1. The van der Waals surface area contributed by atoms with E-state index < -0.39 is 17.6 Å². The maximum Gasteiger partial charge on any atom is 0.416 e. The predicted octanol–water partition coefficient (Wildman–Crippen LogP) is 4.10. The number of pyridine rings is 1. The second kappa shape index (κ2) is 7.91. The first kappa shape index (κ1) is 20.1. The van der Waals surface area contributed by atoms with Gasteiger partial charge in [0, 0.05) is 23.5 Å². The number of benzene rings is 1. The SMILES string of the molecule is Cc1ccc(C(=O)Nc2cc(C(F)(F)F)ccn2)cc1C#Cc1cnc2ccncn12. The van der Waals surface area contributed by atoms with Crippen molar-refractivity contribution in [2.75, 3.05) is 5.32 Å². The van der Waals surface area contributed by atoms with E-state index in [-0.39, 0.29) is 11.4 Å². The Balaban J connectivity index is 1.59. The average Bonchev–Trinajstić information content (AvgIpc) is 3.16. The van der Waals surface area contributed by atoms with E-state index in [1.54, 1.807) is 47.4 Å². The third-order valence-electron chi connectivity index (χ3n) is 4.47. The lowest BCUT2D eigenvalue weighted by molar-refractivity contribution is -0.137. The summed E-state index contributed by atoms with van der Waals surface area (Å²) < 4.78 is 40.3. The maximum atomic E-state index is 12.9. The normalized spacial score (nSPS) is 11.1. The third-order valence-corrected chi connectivity index (χ3v) is 4.47. The first-order valence-electron chi connectivity index (χ1n) is 9.05. The van der Waals surface area contributed by atoms with Crippen LogP contribution in [0.1, 0.15) is 32.7 Å². The lowest BCUT2D eigenvalue weighted by atomic mass is 10.0. The number of halogens is 3. The lowest BCUT2D eigenvalue weighted by Gasteiger charge is -2.09. The number of fused-ring (bicyclic) bond motifs is 1. The molecule has 0 radical (unpaired) electrons. The fraction of sp³-hybridized carbons (Fsp3) is 0.0909. The molecule has 0 saturated carbocycles. The van der Waals surface area contributed by atoms with E-state index in [1.807, 2.05) is 6.92 Å². The molecule has 0 bridgehead atoms. The quantitative estimate of drug-likeness (QED) is 0.495. The Labute approximate surface area is 174 Å². The molecule has 0 atom stereocenters. The minimum atomic E-state index is -4.53. The van der Waals surface area contributed by atoms with E-state index in [2.05, 4.69) is 32.1 Å². The van der Waals surface area contributed by atoms with E-state index in [1.165, 1.54) is 0 Å². The number of aromatic nitrogens is 4. The van der Waals surface area contributed by atoms with Crippen molar-refractivity contribution in [1.82, 2.24) is 19.4 Å². The van der Waals surface area contributed by atoms with Crippen molar-refractivity contribution >= 4 is 17.4 Å². The van der Waals surface area contributed by atoms with Crippen LogP contribution in [0.3, 0.4) is 0 Å². The van der Waals surface area contributed by atoms with Crippen LogP contribution in [0.25, 0.3) is 5.65 Å². The molecule has 0 spiro atoms. The first-order chi connectivity index (χ1) is 14.8. The molecule has 0 fully saturated rings. The Kier molecular flexibility index (Phi) is 5.13. The zero-order valence-electron chi connectivity index (χ0n) is 16.1. The fourth-order valence-electron chi connectivity index (χ4n) is 2.82. The molecular weight excluding hydrogens is 407 g/mol. The largest absolute Gasteiger partial charge is 0.416 e. The zero-order chi connectivity index (χ0) is 22.0. The molecule has 0 saturated heterocycles. The molecule has 0 aliphatic carbocycles. The number of aryl methyl sites for hydroxylation is 1. The topological polar surface area (TPSA) is 72.2 Å². The molecule has 0 aliphatic rings. The smallest absolute Gasteiger partial charge is 0.307 e. The van der Waals surface area contributed by atoms with Crippen LogP contribution in [0.4, 0.5) is 19.0 Å². The van der Waals surface area contributed by atoms with E-state index in [4.69, 9.17) is 0 Å². The molecule has 31 heavy (non-hydrogen) atoms. The molecule has 0 unspecified atom stereocenters. The highest BCUT2D eigenvalue weighted by atomic mass is 19.4. The van der Waals surface area contributed by atoms with Crippen LogP contribution in [0.2, 0.25) is 0 Å². The van der Waals surface area contributed by atoms with E-state index in [0.29, 0.717) is 16.9 Å². The molecule has 3 aromatic heterocycles. The number of carbonyl (C=O) groups is 1. The number of alkyl halides is 3. The second-order valence-electron chi connectivity index (χ2n) is 6.61. The number of nitrogens with zero attached hydrogens (tertiary/aromatic N) is 4. The van der Waals surface area contributed by atoms with Gasteiger partial charge in [0.2, 0.25) is 0 Å². The molecule has 1 N–H and O–H groups in total. The van der Waals surface area contributed by atoms with Crippen molar-refractivity contribution in [1.29, 1.82) is 0 Å². The number of anilines is 1. The van der Waals surface area contributed by atoms with Gasteiger partial charge < -0.3 is 5.32 Å². The highest BCUT2D eigenvalue weighted by Gasteiger charge is 2.30. The molecule has 1 aromatic carbocycles. The molecule has 0 aliphatic heterocycles. The predicted molar refractivity (Wildman–Crippen MR) is 107 cm³/mol. The van der Waals surface area contributed by atoms with Gasteiger partial charge in [0.15, 0.2) is 0 Å². The number of carbonyl (C=O) groups excluding carboxylic acids is 1. The van der Waals surface area contributed by atoms with Crippen molar-refractivity contribution in [2.45, 2.75) is 13.1 Å². The summed E-state index contributed by atoms with van der Waals surface area (Å²) >= 11 is 0.